The number of rotatable bonds is 3. The van der Waals surface area contributed by atoms with E-state index >= 15 is 0 Å². The van der Waals surface area contributed by atoms with E-state index in [4.69, 9.17) is 4.74 Å². The van der Waals surface area contributed by atoms with Crippen LogP contribution in [0.1, 0.15) is 16.7 Å². The first-order valence-corrected chi connectivity index (χ1v) is 10.2. The first-order valence-electron chi connectivity index (χ1n) is 10.2. The van der Waals surface area contributed by atoms with E-state index in [-0.39, 0.29) is 18.9 Å². The molecule has 4 heteroatoms. The van der Waals surface area contributed by atoms with Crippen LogP contribution in [0, 0.1) is 6.92 Å². The normalized spacial score (nSPS) is 16.5. The molecule has 0 atom stereocenters. The lowest BCUT2D eigenvalue weighted by Gasteiger charge is -2.29. The van der Waals surface area contributed by atoms with Crippen LogP contribution in [0.4, 0.5) is 4.79 Å². The van der Waals surface area contributed by atoms with Gasteiger partial charge in [0.1, 0.15) is 5.75 Å². The van der Waals surface area contributed by atoms with Gasteiger partial charge in [-0.05, 0) is 42.3 Å². The summed E-state index contributed by atoms with van der Waals surface area (Å²) >= 11 is 0. The molecule has 0 radical (unpaired) electrons. The monoisotopic (exact) mass is 409 g/mol. The summed E-state index contributed by atoms with van der Waals surface area (Å²) in [5, 5.41) is 0. The van der Waals surface area contributed by atoms with Crippen molar-refractivity contribution in [3.63, 3.8) is 0 Å². The molecule has 0 N–H and O–H groups in total. The maximum absolute atomic E-state index is 13.2. The number of amides is 1. The number of carbonyl (C=O) groups is 2. The minimum absolute atomic E-state index is 0.0490. The molecule has 0 bridgehead atoms. The van der Waals surface area contributed by atoms with E-state index < -0.39 is 6.09 Å². The smallest absolute Gasteiger partial charge is 0.410 e. The van der Waals surface area contributed by atoms with Crippen LogP contribution in [-0.2, 0) is 4.79 Å². The van der Waals surface area contributed by atoms with Gasteiger partial charge in [-0.3, -0.25) is 9.69 Å². The van der Waals surface area contributed by atoms with Crippen molar-refractivity contribution in [2.75, 3.05) is 13.1 Å². The van der Waals surface area contributed by atoms with E-state index in [1.807, 2.05) is 91.9 Å². The minimum atomic E-state index is -0.478. The first-order chi connectivity index (χ1) is 15.1. The maximum Gasteiger partial charge on any atom is 0.415 e. The Labute approximate surface area is 182 Å². The zero-order chi connectivity index (χ0) is 21.6. The Morgan fingerprint density at radius 3 is 1.74 bits per heavy atom. The second-order valence-electron chi connectivity index (χ2n) is 7.53. The third-order valence-corrected chi connectivity index (χ3v) is 5.07. The van der Waals surface area contributed by atoms with Crippen LogP contribution in [0.25, 0.3) is 12.2 Å². The molecule has 1 aliphatic heterocycles. The summed E-state index contributed by atoms with van der Waals surface area (Å²) in [4.78, 5) is 27.6. The van der Waals surface area contributed by atoms with Crippen molar-refractivity contribution in [2.45, 2.75) is 6.92 Å². The van der Waals surface area contributed by atoms with Gasteiger partial charge in [-0.15, -0.1) is 0 Å². The zero-order valence-electron chi connectivity index (χ0n) is 17.3. The number of nitrogens with zero attached hydrogens (tertiary/aromatic N) is 1. The van der Waals surface area contributed by atoms with Gasteiger partial charge < -0.3 is 4.74 Å². The SMILES string of the molecule is Cc1ccc(OC(=O)N2C/C(=C\c3ccccc3)C(=O)/C(=C/c3ccccc3)C2)cc1. The number of benzene rings is 3. The number of carbonyl (C=O) groups excluding carboxylic acids is 2. The van der Waals surface area contributed by atoms with Crippen molar-refractivity contribution < 1.29 is 14.3 Å². The second kappa shape index (κ2) is 9.26. The average molecular weight is 409 g/mol. The molecule has 1 saturated heterocycles. The van der Waals surface area contributed by atoms with Crippen molar-refractivity contribution >= 4 is 24.0 Å². The molecule has 3 aromatic carbocycles. The average Bonchev–Trinajstić information content (AvgIpc) is 2.79. The topological polar surface area (TPSA) is 46.6 Å². The van der Waals surface area contributed by atoms with Crippen molar-refractivity contribution in [1.29, 1.82) is 0 Å². The third kappa shape index (κ3) is 5.17. The fourth-order valence-electron chi connectivity index (χ4n) is 3.44. The van der Waals surface area contributed by atoms with Crippen LogP contribution in [0.5, 0.6) is 5.75 Å². The molecule has 154 valence electrons. The number of Topliss-reactive ketones (excluding diaryl/α,β-unsaturated/α-hetero) is 1. The molecule has 4 rings (SSSR count). The van der Waals surface area contributed by atoms with E-state index in [0.717, 1.165) is 16.7 Å². The van der Waals surface area contributed by atoms with Gasteiger partial charge in [0.05, 0.1) is 13.1 Å². The molecular formula is C27H23NO3. The van der Waals surface area contributed by atoms with Gasteiger partial charge in [0.25, 0.3) is 0 Å². The van der Waals surface area contributed by atoms with Crippen LogP contribution in [0.15, 0.2) is 96.1 Å². The molecule has 0 saturated carbocycles. The van der Waals surface area contributed by atoms with Gasteiger partial charge in [-0.1, -0.05) is 78.4 Å². The predicted octanol–water partition coefficient (Wildman–Crippen LogP) is 5.55. The highest BCUT2D eigenvalue weighted by Gasteiger charge is 2.30. The molecule has 0 spiro atoms. The lowest BCUT2D eigenvalue weighted by molar-refractivity contribution is -0.113. The van der Waals surface area contributed by atoms with E-state index in [2.05, 4.69) is 0 Å². The van der Waals surface area contributed by atoms with Crippen LogP contribution < -0.4 is 4.74 Å². The molecule has 3 aromatic rings. The quantitative estimate of drug-likeness (QED) is 0.533. The summed E-state index contributed by atoms with van der Waals surface area (Å²) in [6.07, 6.45) is 3.20. The zero-order valence-corrected chi connectivity index (χ0v) is 17.3. The van der Waals surface area contributed by atoms with Crippen molar-refractivity contribution in [2.24, 2.45) is 0 Å². The predicted molar refractivity (Wildman–Crippen MR) is 123 cm³/mol. The molecule has 1 amide bonds. The van der Waals surface area contributed by atoms with E-state index in [9.17, 15) is 9.59 Å². The van der Waals surface area contributed by atoms with Gasteiger partial charge in [-0.25, -0.2) is 4.79 Å². The lowest BCUT2D eigenvalue weighted by Crippen LogP contribution is -2.43. The summed E-state index contributed by atoms with van der Waals surface area (Å²) in [7, 11) is 0. The number of likely N-dealkylation sites (tertiary alicyclic amines) is 1. The van der Waals surface area contributed by atoms with Gasteiger partial charge in [0.2, 0.25) is 0 Å². The highest BCUT2D eigenvalue weighted by atomic mass is 16.6. The lowest BCUT2D eigenvalue weighted by atomic mass is 9.94. The third-order valence-electron chi connectivity index (χ3n) is 5.07. The number of ketones is 1. The standard InChI is InChI=1S/C27H23NO3/c1-20-12-14-25(15-13-20)31-27(30)28-18-23(16-21-8-4-2-5-9-21)26(29)24(19-28)17-22-10-6-3-7-11-22/h2-17H,18-19H2,1H3/b23-16+,24-17+. The molecular weight excluding hydrogens is 386 g/mol. The molecule has 0 aromatic heterocycles. The van der Waals surface area contributed by atoms with Crippen LogP contribution in [0.2, 0.25) is 0 Å². The fourth-order valence-corrected chi connectivity index (χ4v) is 3.44. The Balaban J connectivity index is 1.64. The van der Waals surface area contributed by atoms with Gasteiger partial charge in [-0.2, -0.15) is 0 Å². The number of hydrogen-bond acceptors (Lipinski definition) is 3. The van der Waals surface area contributed by atoms with Gasteiger partial charge in [0.15, 0.2) is 5.78 Å². The summed E-state index contributed by atoms with van der Waals surface area (Å²) in [6, 6.07) is 26.6. The molecule has 4 nitrogen and oxygen atoms in total. The molecule has 0 unspecified atom stereocenters. The molecule has 1 aliphatic rings. The Hall–Kier alpha value is -3.92. The Bertz CT molecular complexity index is 1070. The molecule has 31 heavy (non-hydrogen) atoms. The minimum Gasteiger partial charge on any atom is -0.410 e. The van der Waals surface area contributed by atoms with Gasteiger partial charge in [0, 0.05) is 11.1 Å². The Morgan fingerprint density at radius 2 is 1.26 bits per heavy atom. The Kier molecular flexibility index (Phi) is 6.08. The van der Waals surface area contributed by atoms with Crippen molar-refractivity contribution in [3.8, 4) is 5.75 Å². The first kappa shape index (κ1) is 20.4. The molecule has 0 aliphatic carbocycles. The van der Waals surface area contributed by atoms with E-state index in [1.54, 1.807) is 17.0 Å². The highest BCUT2D eigenvalue weighted by molar-refractivity contribution is 6.15. The summed E-state index contributed by atoms with van der Waals surface area (Å²) in [5.74, 6) is 0.432. The van der Waals surface area contributed by atoms with Gasteiger partial charge >= 0.3 is 6.09 Å². The van der Waals surface area contributed by atoms with Crippen molar-refractivity contribution in [1.82, 2.24) is 4.90 Å². The molecule has 1 heterocycles. The molecule has 1 fully saturated rings. The number of piperidine rings is 1. The number of hydrogen-bond donors (Lipinski definition) is 0. The highest BCUT2D eigenvalue weighted by Crippen LogP contribution is 2.23. The maximum atomic E-state index is 13.2. The fraction of sp³-hybridized carbons (Fsp3) is 0.111. The summed E-state index contributed by atoms with van der Waals surface area (Å²) < 4.78 is 5.56. The number of aryl methyl sites for hydroxylation is 1. The number of ether oxygens (including phenoxy) is 1. The van der Waals surface area contributed by atoms with E-state index in [0.29, 0.717) is 16.9 Å². The van der Waals surface area contributed by atoms with E-state index in [1.165, 1.54) is 0 Å². The second-order valence-corrected chi connectivity index (χ2v) is 7.53. The van der Waals surface area contributed by atoms with Crippen molar-refractivity contribution in [3.05, 3.63) is 113 Å². The largest absolute Gasteiger partial charge is 0.415 e. The van der Waals surface area contributed by atoms with Crippen LogP contribution >= 0.6 is 0 Å². The van der Waals surface area contributed by atoms with Crippen LogP contribution in [0.3, 0.4) is 0 Å². The van der Waals surface area contributed by atoms with Crippen LogP contribution in [-0.4, -0.2) is 29.9 Å². The Morgan fingerprint density at radius 1 is 0.774 bits per heavy atom. The summed E-state index contributed by atoms with van der Waals surface area (Å²) in [6.45, 7) is 2.37. The summed E-state index contributed by atoms with van der Waals surface area (Å²) in [5.41, 5.74) is 4.03.